The van der Waals surface area contributed by atoms with Crippen LogP contribution in [-0.2, 0) is 27.1 Å². The van der Waals surface area contributed by atoms with Crippen molar-refractivity contribution in [3.8, 4) is 11.1 Å². The molecule has 10 rings (SSSR count). The van der Waals surface area contributed by atoms with E-state index in [1.807, 2.05) is 0 Å². The Labute approximate surface area is 349 Å². The normalized spacial score (nSPS) is 17.5. The first kappa shape index (κ1) is 38.0. The van der Waals surface area contributed by atoms with Gasteiger partial charge in [0.1, 0.15) is 0 Å². The summed E-state index contributed by atoms with van der Waals surface area (Å²) in [4.78, 5) is 2.75. The van der Waals surface area contributed by atoms with Crippen LogP contribution in [0.15, 0.2) is 72.8 Å². The second-order valence-electron chi connectivity index (χ2n) is 23.4. The fraction of sp³-hybridized carbons (Fsp3) is 0.455. The fourth-order valence-corrected chi connectivity index (χ4v) is 11.2. The van der Waals surface area contributed by atoms with Crippen LogP contribution in [0.3, 0.4) is 0 Å². The zero-order valence-electron chi connectivity index (χ0n) is 38.0. The average Bonchev–Trinajstić information content (AvgIpc) is 3.48. The molecule has 58 heavy (non-hydrogen) atoms. The third kappa shape index (κ3) is 5.36. The molecule has 2 nitrogen and oxygen atoms in total. The Balaban J connectivity index is 1.41. The largest absolute Gasteiger partial charge is 0.375 e. The molecule has 0 saturated heterocycles. The van der Waals surface area contributed by atoms with Crippen LogP contribution in [0.5, 0.6) is 0 Å². The Morgan fingerprint density at radius 1 is 0.552 bits per heavy atom. The lowest BCUT2D eigenvalue weighted by Crippen LogP contribution is -2.58. The topological polar surface area (TPSA) is 8.17 Å². The predicted molar refractivity (Wildman–Crippen MR) is 253 cm³/mol. The summed E-state index contributed by atoms with van der Waals surface area (Å²) in [5.41, 5.74) is 22.7. The highest BCUT2D eigenvalue weighted by atomic mass is 15.2. The van der Waals surface area contributed by atoms with E-state index in [2.05, 4.69) is 179 Å². The maximum Gasteiger partial charge on any atom is 0.333 e. The summed E-state index contributed by atoms with van der Waals surface area (Å²) < 4.78 is 2.80. The van der Waals surface area contributed by atoms with E-state index in [4.69, 9.17) is 0 Å². The van der Waals surface area contributed by atoms with E-state index in [0.717, 1.165) is 0 Å². The quantitative estimate of drug-likeness (QED) is 0.151. The van der Waals surface area contributed by atoms with Gasteiger partial charge in [-0.05, 0) is 132 Å². The third-order valence-corrected chi connectivity index (χ3v) is 14.9. The predicted octanol–water partition coefficient (Wildman–Crippen LogP) is 14.1. The third-order valence-electron chi connectivity index (χ3n) is 14.9. The van der Waals surface area contributed by atoms with Gasteiger partial charge in [-0.25, -0.2) is 0 Å². The number of anilines is 3. The molecule has 1 fully saturated rings. The molecule has 1 saturated carbocycles. The van der Waals surface area contributed by atoms with Gasteiger partial charge >= 0.3 is 6.85 Å². The van der Waals surface area contributed by atoms with Gasteiger partial charge in [0, 0.05) is 44.2 Å². The summed E-state index contributed by atoms with van der Waals surface area (Å²) in [6.07, 6.45) is 6.58. The van der Waals surface area contributed by atoms with E-state index < -0.39 is 0 Å². The molecular weight excluding hydrogens is 699 g/mol. The van der Waals surface area contributed by atoms with Crippen molar-refractivity contribution in [2.24, 2.45) is 0 Å². The van der Waals surface area contributed by atoms with Crippen LogP contribution in [0.1, 0.15) is 174 Å². The molecular formula is C55H65BN2. The van der Waals surface area contributed by atoms with Gasteiger partial charge in [-0.2, -0.15) is 0 Å². The lowest BCUT2D eigenvalue weighted by molar-refractivity contribution is 0.444. The van der Waals surface area contributed by atoms with Crippen LogP contribution < -0.4 is 15.8 Å². The summed E-state index contributed by atoms with van der Waals surface area (Å²) in [5, 5.41) is 2.79. The lowest BCUT2D eigenvalue weighted by Gasteiger charge is -2.49. The molecule has 4 heterocycles. The van der Waals surface area contributed by atoms with Crippen LogP contribution in [0.2, 0.25) is 0 Å². The van der Waals surface area contributed by atoms with E-state index in [-0.39, 0.29) is 33.9 Å². The molecule has 0 N–H and O–H groups in total. The molecule has 0 bridgehead atoms. The fourth-order valence-electron chi connectivity index (χ4n) is 11.2. The number of rotatable bonds is 1. The second-order valence-corrected chi connectivity index (χ2v) is 23.4. The van der Waals surface area contributed by atoms with Crippen molar-refractivity contribution in [1.29, 1.82) is 0 Å². The van der Waals surface area contributed by atoms with Gasteiger partial charge in [0.25, 0.3) is 0 Å². The Hall–Kier alpha value is -4.24. The van der Waals surface area contributed by atoms with Gasteiger partial charge in [0.2, 0.25) is 0 Å². The Morgan fingerprint density at radius 2 is 1.14 bits per heavy atom. The molecule has 5 aromatic carbocycles. The smallest absolute Gasteiger partial charge is 0.333 e. The molecule has 0 radical (unpaired) electrons. The van der Waals surface area contributed by atoms with Gasteiger partial charge in [0.05, 0.1) is 5.69 Å². The van der Waals surface area contributed by atoms with Gasteiger partial charge < -0.3 is 9.38 Å². The van der Waals surface area contributed by atoms with E-state index in [1.165, 1.54) is 132 Å². The summed E-state index contributed by atoms with van der Waals surface area (Å²) in [5.74, 6) is 0.588. The van der Waals surface area contributed by atoms with Crippen molar-refractivity contribution in [3.63, 3.8) is 0 Å². The van der Waals surface area contributed by atoms with Crippen molar-refractivity contribution in [1.82, 2.24) is 4.48 Å². The molecule has 0 spiro atoms. The Bertz CT molecular complexity index is 2720. The first-order chi connectivity index (χ1) is 27.0. The minimum Gasteiger partial charge on any atom is -0.375 e. The molecule has 0 atom stereocenters. The highest BCUT2D eigenvalue weighted by molar-refractivity contribution is 6.90. The molecule has 6 aromatic rings. The first-order valence-electron chi connectivity index (χ1n) is 22.5. The second kappa shape index (κ2) is 12.0. The number of hydrogen-bond acceptors (Lipinski definition) is 1. The number of fused-ring (bicyclic) bond motifs is 9. The van der Waals surface area contributed by atoms with E-state index in [0.29, 0.717) is 5.92 Å². The maximum absolute atomic E-state index is 2.80. The zero-order chi connectivity index (χ0) is 41.2. The minimum atomic E-state index is -0.191. The van der Waals surface area contributed by atoms with Crippen molar-refractivity contribution in [3.05, 3.63) is 112 Å². The molecule has 3 heteroatoms. The number of hydrogen-bond donors (Lipinski definition) is 0. The molecule has 3 aliphatic heterocycles. The van der Waals surface area contributed by atoms with Crippen LogP contribution >= 0.6 is 0 Å². The van der Waals surface area contributed by atoms with Gasteiger partial charge in [-0.1, -0.05) is 153 Å². The lowest BCUT2D eigenvalue weighted by atomic mass is 9.43. The molecule has 1 aromatic heterocycles. The summed E-state index contributed by atoms with van der Waals surface area (Å²) >= 11 is 0. The van der Waals surface area contributed by atoms with Crippen molar-refractivity contribution >= 4 is 56.6 Å². The highest BCUT2D eigenvalue weighted by Crippen LogP contribution is 2.56. The monoisotopic (exact) mass is 765 g/mol. The summed E-state index contributed by atoms with van der Waals surface area (Å²) in [6, 6.07) is 30.6. The van der Waals surface area contributed by atoms with Crippen LogP contribution in [0, 0.1) is 0 Å². The van der Waals surface area contributed by atoms with Crippen LogP contribution in [-0.4, -0.2) is 11.3 Å². The van der Waals surface area contributed by atoms with Crippen LogP contribution in [0.25, 0.3) is 32.9 Å². The summed E-state index contributed by atoms with van der Waals surface area (Å²) in [6.45, 7) is 33.6. The maximum atomic E-state index is 2.80. The van der Waals surface area contributed by atoms with E-state index in [9.17, 15) is 0 Å². The van der Waals surface area contributed by atoms with Crippen molar-refractivity contribution < 1.29 is 0 Å². The molecule has 0 unspecified atom stereocenters. The van der Waals surface area contributed by atoms with Crippen molar-refractivity contribution in [2.75, 3.05) is 4.90 Å². The SMILES string of the molecule is CC(C)(C)c1ccc2c(c1)C(C)(C)c1cc(C(C)(C)C)cc3c1N2c1cc(C2CCCCC2)cc2c1B3n1c3ccc(C(C)(C)C)cc3c3cc(C(C)(C)C)cc-2c31. The number of aromatic nitrogens is 1. The average molecular weight is 765 g/mol. The van der Waals surface area contributed by atoms with Gasteiger partial charge in [-0.15, -0.1) is 0 Å². The zero-order valence-corrected chi connectivity index (χ0v) is 38.0. The molecule has 1 aliphatic carbocycles. The Kier molecular flexibility index (Phi) is 7.83. The van der Waals surface area contributed by atoms with Gasteiger partial charge in [0.15, 0.2) is 0 Å². The van der Waals surface area contributed by atoms with E-state index >= 15 is 0 Å². The number of nitrogens with zero attached hydrogens (tertiary/aromatic N) is 2. The first-order valence-corrected chi connectivity index (χ1v) is 22.5. The Morgan fingerprint density at radius 3 is 1.79 bits per heavy atom. The molecule has 4 aliphatic rings. The minimum absolute atomic E-state index is 0.00388. The highest BCUT2D eigenvalue weighted by Gasteiger charge is 2.49. The number of benzene rings is 5. The van der Waals surface area contributed by atoms with Crippen molar-refractivity contribution in [2.45, 2.75) is 162 Å². The summed E-state index contributed by atoms with van der Waals surface area (Å²) in [7, 11) is 0. The van der Waals surface area contributed by atoms with E-state index in [1.54, 1.807) is 0 Å². The van der Waals surface area contributed by atoms with Gasteiger partial charge in [-0.3, -0.25) is 0 Å². The molecule has 298 valence electrons. The molecule has 0 amide bonds. The van der Waals surface area contributed by atoms with Crippen LogP contribution in [0.4, 0.5) is 17.1 Å². The standard InChI is InChI=1S/C55H65BN2/c1-51(2,3)34-20-22-45-38(26-34)40-27-36(53(7,8)9)28-41-39-24-33(32-18-16-15-17-19-32)25-47-48(39)56(58(45)49(40)41)44-31-37(54(10,11)12)30-43-50(44)57(47)46-23-21-35(52(4,5)6)29-42(46)55(43,13)14/h20-32H,15-19H2,1-14H3.